The van der Waals surface area contributed by atoms with Crippen LogP contribution in [0.3, 0.4) is 0 Å². The number of pyridine rings is 1. The van der Waals surface area contributed by atoms with Gasteiger partial charge in [0.25, 0.3) is 0 Å². The fraction of sp³-hybridized carbons (Fsp3) is 0.0638. The molecule has 1 aliphatic carbocycles. The van der Waals surface area contributed by atoms with Crippen LogP contribution in [0.4, 0.5) is 0 Å². The lowest BCUT2D eigenvalue weighted by atomic mass is 9.82. The largest absolute Gasteiger partial charge is 0.308 e. The number of aromatic nitrogens is 6. The molecule has 6 nitrogen and oxygen atoms in total. The third-order valence-electron chi connectivity index (χ3n) is 11.1. The van der Waals surface area contributed by atoms with Gasteiger partial charge in [-0.05, 0) is 58.7 Å². The van der Waals surface area contributed by atoms with Crippen LogP contribution in [0.15, 0.2) is 158 Å². The number of para-hydroxylation sites is 4. The third-order valence-corrected chi connectivity index (χ3v) is 11.1. The number of hydrogen-bond acceptors (Lipinski definition) is 4. The first-order valence-corrected chi connectivity index (χ1v) is 18.0. The van der Waals surface area contributed by atoms with Crippen LogP contribution in [-0.4, -0.2) is 29.1 Å². The van der Waals surface area contributed by atoms with Crippen LogP contribution in [0, 0.1) is 0 Å². The maximum Gasteiger partial charge on any atom is 0.238 e. The molecule has 0 unspecified atom stereocenters. The van der Waals surface area contributed by atoms with Crippen molar-refractivity contribution in [3.05, 3.63) is 169 Å². The quantitative estimate of drug-likeness (QED) is 0.186. The van der Waals surface area contributed by atoms with Gasteiger partial charge in [-0.25, -0.2) is 4.98 Å². The van der Waals surface area contributed by atoms with E-state index in [1.807, 2.05) is 12.4 Å². The van der Waals surface area contributed by atoms with Crippen LogP contribution in [0.2, 0.25) is 0 Å². The Labute approximate surface area is 305 Å². The Kier molecular flexibility index (Phi) is 6.20. The molecule has 0 bridgehead atoms. The van der Waals surface area contributed by atoms with Gasteiger partial charge in [-0.3, -0.25) is 9.55 Å². The molecule has 250 valence electrons. The van der Waals surface area contributed by atoms with E-state index in [-0.39, 0.29) is 5.41 Å². The lowest BCUT2D eigenvalue weighted by Crippen LogP contribution is -2.14. The smallest absolute Gasteiger partial charge is 0.238 e. The highest BCUT2D eigenvalue weighted by Gasteiger charge is 2.37. The lowest BCUT2D eigenvalue weighted by molar-refractivity contribution is 0.660. The van der Waals surface area contributed by atoms with Gasteiger partial charge in [-0.15, -0.1) is 0 Å². The fourth-order valence-corrected chi connectivity index (χ4v) is 8.72. The molecule has 0 fully saturated rings. The van der Waals surface area contributed by atoms with Gasteiger partial charge in [0.15, 0.2) is 11.6 Å². The molecular weight excluding hydrogens is 649 g/mol. The Hall–Kier alpha value is -6.92. The monoisotopic (exact) mass is 680 g/mol. The predicted molar refractivity (Wildman–Crippen MR) is 215 cm³/mol. The number of hydrogen-bond donors (Lipinski definition) is 0. The van der Waals surface area contributed by atoms with Crippen LogP contribution in [0.1, 0.15) is 25.0 Å². The van der Waals surface area contributed by atoms with Crippen molar-refractivity contribution in [2.24, 2.45) is 0 Å². The summed E-state index contributed by atoms with van der Waals surface area (Å²) in [5.74, 6) is 1.81. The van der Waals surface area contributed by atoms with Crippen molar-refractivity contribution in [1.82, 2.24) is 29.1 Å². The van der Waals surface area contributed by atoms with Gasteiger partial charge < -0.3 is 4.57 Å². The molecule has 4 aromatic heterocycles. The number of benzene rings is 6. The molecule has 0 spiro atoms. The van der Waals surface area contributed by atoms with Crippen molar-refractivity contribution in [2.75, 3.05) is 0 Å². The molecule has 1 aliphatic rings. The summed E-state index contributed by atoms with van der Waals surface area (Å²) in [5.41, 5.74) is 12.0. The van der Waals surface area contributed by atoms with E-state index in [2.05, 4.69) is 174 Å². The molecule has 0 amide bonds. The Morgan fingerprint density at radius 1 is 0.434 bits per heavy atom. The zero-order valence-electron chi connectivity index (χ0n) is 29.2. The minimum absolute atomic E-state index is 0.161. The van der Waals surface area contributed by atoms with Crippen molar-refractivity contribution < 1.29 is 0 Å². The molecule has 53 heavy (non-hydrogen) atoms. The van der Waals surface area contributed by atoms with Crippen molar-refractivity contribution in [3.63, 3.8) is 0 Å². The first kappa shape index (κ1) is 29.8. The number of rotatable bonds is 4. The zero-order chi connectivity index (χ0) is 35.3. The Morgan fingerprint density at radius 3 is 1.70 bits per heavy atom. The summed E-state index contributed by atoms with van der Waals surface area (Å²) in [7, 11) is 0. The summed E-state index contributed by atoms with van der Waals surface area (Å²) in [6.45, 7) is 4.61. The minimum Gasteiger partial charge on any atom is -0.308 e. The number of nitrogens with zero attached hydrogens (tertiary/aromatic N) is 6. The van der Waals surface area contributed by atoms with Gasteiger partial charge >= 0.3 is 0 Å². The predicted octanol–water partition coefficient (Wildman–Crippen LogP) is 11.1. The molecule has 0 N–H and O–H groups in total. The molecule has 0 radical (unpaired) electrons. The van der Waals surface area contributed by atoms with E-state index in [4.69, 9.17) is 15.0 Å². The molecule has 4 heterocycles. The highest BCUT2D eigenvalue weighted by Crippen LogP contribution is 2.51. The molecule has 6 heteroatoms. The van der Waals surface area contributed by atoms with Crippen molar-refractivity contribution in [2.45, 2.75) is 19.3 Å². The average molecular weight is 681 g/mol. The first-order chi connectivity index (χ1) is 26.1. The molecular formula is C47H32N6. The molecule has 0 saturated carbocycles. The van der Waals surface area contributed by atoms with Crippen molar-refractivity contribution >= 4 is 43.6 Å². The molecule has 0 atom stereocenters. The third kappa shape index (κ3) is 4.20. The van der Waals surface area contributed by atoms with Crippen LogP contribution in [-0.2, 0) is 5.41 Å². The normalized spacial score (nSPS) is 13.2. The Bertz CT molecular complexity index is 3000. The zero-order valence-corrected chi connectivity index (χ0v) is 29.2. The van der Waals surface area contributed by atoms with Crippen LogP contribution < -0.4 is 0 Å². The van der Waals surface area contributed by atoms with E-state index in [1.54, 1.807) is 0 Å². The second-order valence-corrected chi connectivity index (χ2v) is 14.3. The maximum atomic E-state index is 5.41. The summed E-state index contributed by atoms with van der Waals surface area (Å²) in [4.78, 5) is 20.7. The van der Waals surface area contributed by atoms with Gasteiger partial charge in [-0.1, -0.05) is 123 Å². The SMILES string of the molecule is CC1(C)c2ccccc2-c2c(-c3nc(-c4ccccc4-n4c5ccccc5c5cnccc54)nc(-n4c5ccccc5c5ccccc54)n3)cccc21. The van der Waals surface area contributed by atoms with Gasteiger partial charge in [0.05, 0.1) is 27.8 Å². The molecule has 10 aromatic rings. The fourth-order valence-electron chi connectivity index (χ4n) is 8.72. The Morgan fingerprint density at radius 2 is 0.962 bits per heavy atom. The second kappa shape index (κ2) is 11.0. The van der Waals surface area contributed by atoms with E-state index in [1.165, 1.54) is 22.3 Å². The van der Waals surface area contributed by atoms with Crippen LogP contribution in [0.5, 0.6) is 0 Å². The summed E-state index contributed by atoms with van der Waals surface area (Å²) >= 11 is 0. The second-order valence-electron chi connectivity index (χ2n) is 14.3. The van der Waals surface area contributed by atoms with Crippen LogP contribution in [0.25, 0.3) is 89.2 Å². The maximum absolute atomic E-state index is 5.41. The van der Waals surface area contributed by atoms with E-state index in [9.17, 15) is 0 Å². The van der Waals surface area contributed by atoms with E-state index in [0.29, 0.717) is 17.6 Å². The molecule has 11 rings (SSSR count). The highest BCUT2D eigenvalue weighted by atomic mass is 15.2. The topological polar surface area (TPSA) is 61.4 Å². The molecule has 0 aliphatic heterocycles. The van der Waals surface area contributed by atoms with Crippen molar-refractivity contribution in [3.8, 4) is 45.5 Å². The van der Waals surface area contributed by atoms with Crippen LogP contribution >= 0.6 is 0 Å². The summed E-state index contributed by atoms with van der Waals surface area (Å²) in [6, 6.07) is 51.3. The first-order valence-electron chi connectivity index (χ1n) is 18.0. The van der Waals surface area contributed by atoms with Gasteiger partial charge in [0, 0.05) is 50.5 Å². The number of fused-ring (bicyclic) bond motifs is 9. The van der Waals surface area contributed by atoms with E-state index < -0.39 is 0 Å². The summed E-state index contributed by atoms with van der Waals surface area (Å²) in [5, 5.41) is 4.56. The van der Waals surface area contributed by atoms with Gasteiger partial charge in [-0.2, -0.15) is 9.97 Å². The summed E-state index contributed by atoms with van der Waals surface area (Å²) < 4.78 is 4.50. The average Bonchev–Trinajstić information content (AvgIpc) is 3.81. The van der Waals surface area contributed by atoms with E-state index >= 15 is 0 Å². The lowest BCUT2D eigenvalue weighted by Gasteiger charge is -2.21. The van der Waals surface area contributed by atoms with E-state index in [0.717, 1.165) is 60.4 Å². The standard InChI is InChI=1S/C47H32N6/c1-47(2)36-20-8-3-17-32(36)43-34(19-13-21-37(43)47)45-49-44(50-46(51-45)53-39-23-10-4-14-29(39)30-15-5-11-24-40(30)53)33-18-7-12-25-41(33)52-38-22-9-6-16-31(38)35-28-48-27-26-42(35)52/h3-28H,1-2H3. The van der Waals surface area contributed by atoms with Gasteiger partial charge in [0.2, 0.25) is 5.95 Å². The Balaban J connectivity index is 1.24. The summed E-state index contributed by atoms with van der Waals surface area (Å²) in [6.07, 6.45) is 3.81. The van der Waals surface area contributed by atoms with Crippen molar-refractivity contribution in [1.29, 1.82) is 0 Å². The molecule has 6 aromatic carbocycles. The molecule has 0 saturated heterocycles. The van der Waals surface area contributed by atoms with Gasteiger partial charge in [0.1, 0.15) is 0 Å². The highest BCUT2D eigenvalue weighted by molar-refractivity contribution is 6.10. The minimum atomic E-state index is -0.161.